The number of carbonyl (C=O) groups is 1. The first-order valence-electron chi connectivity index (χ1n) is 13.6. The van der Waals surface area contributed by atoms with E-state index >= 15 is 0 Å². The number of hydrogen-bond acceptors (Lipinski definition) is 7. The molecule has 0 radical (unpaired) electrons. The largest absolute Gasteiger partial charge is 0.573 e. The van der Waals surface area contributed by atoms with Crippen LogP contribution < -0.4 is 19.7 Å². The zero-order valence-electron chi connectivity index (χ0n) is 25.0. The van der Waals surface area contributed by atoms with Crippen molar-refractivity contribution in [2.45, 2.75) is 58.0 Å². The molecule has 3 aromatic carbocycles. The average Bonchev–Trinajstić information content (AvgIpc) is 3.23. The van der Waals surface area contributed by atoms with E-state index in [4.69, 9.17) is 21.2 Å². The van der Waals surface area contributed by atoms with Crippen LogP contribution in [0.2, 0.25) is 5.02 Å². The number of nitriles is 1. The van der Waals surface area contributed by atoms with Gasteiger partial charge in [-0.1, -0.05) is 48.8 Å². The van der Waals surface area contributed by atoms with E-state index in [-0.39, 0.29) is 6.54 Å². The Bertz CT molecular complexity index is 1620. The van der Waals surface area contributed by atoms with Crippen molar-refractivity contribution in [3.63, 3.8) is 0 Å². The molecule has 1 N–H and O–H groups in total. The Morgan fingerprint density at radius 1 is 1.09 bits per heavy atom. The van der Waals surface area contributed by atoms with Gasteiger partial charge < -0.3 is 24.5 Å². The molecule has 1 unspecified atom stereocenters. The van der Waals surface area contributed by atoms with E-state index in [1.807, 2.05) is 19.9 Å². The van der Waals surface area contributed by atoms with Gasteiger partial charge in [-0.2, -0.15) is 5.26 Å². The molecular weight excluding hydrogens is 597 g/mol. The molecule has 0 bridgehead atoms. The fourth-order valence-corrected chi connectivity index (χ4v) is 4.92. The third-order valence-corrected chi connectivity index (χ3v) is 7.30. The Morgan fingerprint density at radius 2 is 1.77 bits per heavy atom. The normalized spacial score (nSPS) is 15.2. The first-order valence-corrected chi connectivity index (χ1v) is 14.0. The van der Waals surface area contributed by atoms with Gasteiger partial charge in [0.25, 0.3) is 5.91 Å². The Kier molecular flexibility index (Phi) is 9.07. The quantitative estimate of drug-likeness (QED) is 0.192. The smallest absolute Gasteiger partial charge is 0.497 e. The summed E-state index contributed by atoms with van der Waals surface area (Å²) >= 11 is 6.14. The van der Waals surface area contributed by atoms with Gasteiger partial charge in [0.2, 0.25) is 5.60 Å². The molecule has 0 spiro atoms. The second-order valence-corrected chi connectivity index (χ2v) is 11.9. The van der Waals surface area contributed by atoms with E-state index in [9.17, 15) is 23.2 Å². The van der Waals surface area contributed by atoms with Crippen LogP contribution in [0, 0.1) is 11.3 Å². The van der Waals surface area contributed by atoms with Gasteiger partial charge in [0, 0.05) is 40.4 Å². The number of amides is 1. The number of methoxy groups -OCH3 is 1. The number of benzene rings is 3. The molecule has 44 heavy (non-hydrogen) atoms. The van der Waals surface area contributed by atoms with E-state index in [0.29, 0.717) is 44.5 Å². The van der Waals surface area contributed by atoms with Gasteiger partial charge >= 0.3 is 6.36 Å². The minimum absolute atomic E-state index is 0.226. The lowest BCUT2D eigenvalue weighted by molar-refractivity contribution is -0.274. The maximum absolute atomic E-state index is 14.4. The number of carbonyl (C=O) groups excluding carboxylic acids is 1. The zero-order chi connectivity index (χ0) is 32.4. The number of halogens is 4. The Hall–Kier alpha value is -4.43. The van der Waals surface area contributed by atoms with Crippen molar-refractivity contribution in [1.29, 1.82) is 5.26 Å². The molecule has 0 saturated carbocycles. The molecule has 1 atom stereocenters. The molecule has 232 valence electrons. The van der Waals surface area contributed by atoms with Gasteiger partial charge in [0.15, 0.2) is 0 Å². The van der Waals surface area contributed by atoms with Gasteiger partial charge in [-0.3, -0.25) is 4.79 Å². The summed E-state index contributed by atoms with van der Waals surface area (Å²) in [6, 6.07) is 17.0. The molecule has 3 aromatic rings. The molecule has 0 aromatic heterocycles. The first kappa shape index (κ1) is 32.5. The molecule has 1 amide bonds. The topological polar surface area (TPSA) is 96.2 Å². The van der Waals surface area contributed by atoms with Crippen molar-refractivity contribution in [2.24, 2.45) is 5.16 Å². The molecule has 8 nitrogen and oxygen atoms in total. The zero-order valence-corrected chi connectivity index (χ0v) is 25.8. The molecule has 4 rings (SSSR count). The summed E-state index contributed by atoms with van der Waals surface area (Å²) in [5.74, 6) is -0.364. The number of anilines is 2. The average molecular weight is 629 g/mol. The lowest BCUT2D eigenvalue weighted by Crippen LogP contribution is -2.39. The standard InChI is InChI=1S/C32H32ClF3N4O4/c1-19(39-44-31(4,5)17-37)21-13-23(15-25(14-21)42-6)38-28(20-7-9-22(33)10-8-20)29(41)40-18-30(2,3)26-12-11-24(16-27(26)40)43-32(34,35)36/h7-16,28,38H,18H2,1-6H3. The van der Waals surface area contributed by atoms with Gasteiger partial charge in [-0.05, 0) is 62.2 Å². The lowest BCUT2D eigenvalue weighted by Gasteiger charge is -2.27. The molecule has 1 aliphatic rings. The molecule has 0 saturated heterocycles. The fourth-order valence-electron chi connectivity index (χ4n) is 4.80. The number of alkyl halides is 3. The second-order valence-electron chi connectivity index (χ2n) is 11.5. The monoisotopic (exact) mass is 628 g/mol. The highest BCUT2D eigenvalue weighted by Gasteiger charge is 2.41. The second kappa shape index (κ2) is 12.3. The van der Waals surface area contributed by atoms with E-state index in [1.165, 1.54) is 24.1 Å². The minimum Gasteiger partial charge on any atom is -0.497 e. The number of rotatable bonds is 9. The van der Waals surface area contributed by atoms with Gasteiger partial charge in [0.1, 0.15) is 23.6 Å². The van der Waals surface area contributed by atoms with Gasteiger partial charge in [0.05, 0.1) is 18.5 Å². The van der Waals surface area contributed by atoms with Crippen molar-refractivity contribution in [1.82, 2.24) is 0 Å². The van der Waals surface area contributed by atoms with E-state index in [1.54, 1.807) is 69.3 Å². The highest BCUT2D eigenvalue weighted by molar-refractivity contribution is 6.30. The summed E-state index contributed by atoms with van der Waals surface area (Å²) in [4.78, 5) is 21.2. The number of nitrogens with one attached hydrogen (secondary N) is 1. The number of oxime groups is 1. The molecule has 1 aliphatic heterocycles. The summed E-state index contributed by atoms with van der Waals surface area (Å²) in [6.07, 6.45) is -4.88. The molecule has 1 heterocycles. The van der Waals surface area contributed by atoms with Crippen molar-refractivity contribution in [3.05, 3.63) is 82.4 Å². The van der Waals surface area contributed by atoms with Crippen LogP contribution in [-0.4, -0.2) is 37.2 Å². The van der Waals surface area contributed by atoms with E-state index in [0.717, 1.165) is 0 Å². The predicted molar refractivity (Wildman–Crippen MR) is 162 cm³/mol. The molecular formula is C32H32ClF3N4O4. The van der Waals surface area contributed by atoms with Crippen molar-refractivity contribution >= 4 is 34.6 Å². The summed E-state index contributed by atoms with van der Waals surface area (Å²) in [5, 5.41) is 17.1. The Labute approximate surface area is 259 Å². The molecule has 0 aliphatic carbocycles. The maximum Gasteiger partial charge on any atom is 0.573 e. The summed E-state index contributed by atoms with van der Waals surface area (Å²) in [6.45, 7) is 8.93. The van der Waals surface area contributed by atoms with Crippen LogP contribution in [0.15, 0.2) is 65.8 Å². The Balaban J connectivity index is 1.75. The van der Waals surface area contributed by atoms with Crippen LogP contribution in [0.25, 0.3) is 0 Å². The fraction of sp³-hybridized carbons (Fsp3) is 0.344. The summed E-state index contributed by atoms with van der Waals surface area (Å²) in [7, 11) is 1.50. The first-order chi connectivity index (χ1) is 20.5. The van der Waals surface area contributed by atoms with Crippen LogP contribution in [0.5, 0.6) is 11.5 Å². The SMILES string of the molecule is COc1cc(NC(C(=O)N2CC(C)(C)c3ccc(OC(F)(F)F)cc32)c2ccc(Cl)cc2)cc(C(C)=NOC(C)(C)C#N)c1. The number of nitrogens with zero attached hydrogens (tertiary/aromatic N) is 3. The van der Waals surface area contributed by atoms with Crippen molar-refractivity contribution in [2.75, 3.05) is 23.9 Å². The summed E-state index contributed by atoms with van der Waals surface area (Å²) < 4.78 is 48.8. The lowest BCUT2D eigenvalue weighted by atomic mass is 9.87. The van der Waals surface area contributed by atoms with E-state index < -0.39 is 35.1 Å². The number of ether oxygens (including phenoxy) is 2. The molecule has 0 fully saturated rings. The van der Waals surface area contributed by atoms with Gasteiger partial charge in [-0.15, -0.1) is 13.2 Å². The van der Waals surface area contributed by atoms with Gasteiger partial charge in [-0.25, -0.2) is 0 Å². The highest BCUT2D eigenvalue weighted by atomic mass is 35.5. The van der Waals surface area contributed by atoms with Crippen LogP contribution in [0.1, 0.15) is 57.4 Å². The number of hydrogen-bond donors (Lipinski definition) is 1. The predicted octanol–water partition coefficient (Wildman–Crippen LogP) is 7.77. The van der Waals surface area contributed by atoms with Crippen LogP contribution in [0.3, 0.4) is 0 Å². The van der Waals surface area contributed by atoms with E-state index in [2.05, 4.69) is 15.2 Å². The third kappa shape index (κ3) is 7.55. The highest BCUT2D eigenvalue weighted by Crippen LogP contribution is 2.44. The molecule has 12 heteroatoms. The van der Waals surface area contributed by atoms with Crippen molar-refractivity contribution < 1.29 is 32.3 Å². The van der Waals surface area contributed by atoms with Crippen molar-refractivity contribution in [3.8, 4) is 17.6 Å². The summed E-state index contributed by atoms with van der Waals surface area (Å²) in [5.41, 5.74) is 1.48. The van der Waals surface area contributed by atoms with Crippen LogP contribution in [-0.2, 0) is 15.0 Å². The van der Waals surface area contributed by atoms with Crippen LogP contribution in [0.4, 0.5) is 24.5 Å². The maximum atomic E-state index is 14.4. The number of fused-ring (bicyclic) bond motifs is 1. The Morgan fingerprint density at radius 3 is 2.39 bits per heavy atom. The van der Waals surface area contributed by atoms with Crippen LogP contribution >= 0.6 is 11.6 Å². The third-order valence-electron chi connectivity index (χ3n) is 7.04. The minimum atomic E-state index is -4.88.